The van der Waals surface area contributed by atoms with E-state index in [1.807, 2.05) is 0 Å². The molecule has 1 heterocycles. The number of aromatic hydroxyl groups is 1. The first-order valence-electron chi connectivity index (χ1n) is 14.0. The molecule has 5 rings (SSSR count). The van der Waals surface area contributed by atoms with Gasteiger partial charge in [0.25, 0.3) is 5.91 Å². The van der Waals surface area contributed by atoms with E-state index in [0.29, 0.717) is 16.1 Å². The molecule has 1 saturated carbocycles. The Hall–Kier alpha value is -4.93. The Morgan fingerprint density at radius 2 is 1.83 bits per heavy atom. The second-order valence-electron chi connectivity index (χ2n) is 11.6. The maximum Gasteiger partial charge on any atom is 0.414 e. The zero-order valence-corrected chi connectivity index (χ0v) is 26.0. The van der Waals surface area contributed by atoms with Gasteiger partial charge in [0, 0.05) is 31.3 Å². The number of ketones is 2. The first-order chi connectivity index (χ1) is 21.6. The summed E-state index contributed by atoms with van der Waals surface area (Å²) >= 11 is 1.14. The number of ether oxygens (including phenoxy) is 2. The second-order valence-corrected chi connectivity index (χ2v) is 12.5. The number of aliphatic hydroxyl groups excluding tert-OH is 2. The monoisotopic (exact) mass is 656 g/mol. The fourth-order valence-electron chi connectivity index (χ4n) is 6.53. The highest BCUT2D eigenvalue weighted by atomic mass is 32.1. The van der Waals surface area contributed by atoms with Crippen molar-refractivity contribution in [2.75, 3.05) is 45.2 Å². The number of phenols is 1. The molecule has 16 heteroatoms. The van der Waals surface area contributed by atoms with Crippen LogP contribution in [0, 0.1) is 11.8 Å². The molecular weight excluding hydrogens is 624 g/mol. The van der Waals surface area contributed by atoms with E-state index in [-0.39, 0.29) is 29.7 Å². The standard InChI is InChI=1S/C30H32N4O11S/c1-33(2)16-10-15(32-29(42)45-11-44-28(41)17-6-5-7-46-17)22(35)19-13(16)8-12-9-14-21(34(3)4)24(37)20(27(31)40)26(39)30(14,43)25(38)18(12)23(19)36/h5-7,10,12,14,21,35-36,39,43H,8-9,11H2,1-4H3,(H2,31,40)(H,32,42)/t12-,14-,21-,30-/m0/s1. The molecule has 7 N–H and O–H groups in total. The number of hydrogen-bond acceptors (Lipinski definition) is 14. The van der Waals surface area contributed by atoms with Crippen LogP contribution in [0.5, 0.6) is 5.75 Å². The predicted octanol–water partition coefficient (Wildman–Crippen LogP) is 1.45. The summed E-state index contributed by atoms with van der Waals surface area (Å²) in [6.45, 7) is -0.735. The Bertz CT molecular complexity index is 1730. The van der Waals surface area contributed by atoms with Crippen LogP contribution in [-0.4, -0.2) is 101 Å². The summed E-state index contributed by atoms with van der Waals surface area (Å²) < 4.78 is 9.83. The third kappa shape index (κ3) is 5.03. The molecule has 0 saturated heterocycles. The van der Waals surface area contributed by atoms with Crippen LogP contribution in [0.1, 0.15) is 27.2 Å². The quantitative estimate of drug-likeness (QED) is 0.107. The van der Waals surface area contributed by atoms with Gasteiger partial charge in [-0.15, -0.1) is 11.3 Å². The molecule has 15 nitrogen and oxygen atoms in total. The molecule has 2 amide bonds. The van der Waals surface area contributed by atoms with E-state index in [2.05, 4.69) is 5.32 Å². The number of anilines is 2. The van der Waals surface area contributed by atoms with Crippen molar-refractivity contribution in [2.45, 2.75) is 24.5 Å². The molecular formula is C30H32N4O11S. The van der Waals surface area contributed by atoms with E-state index in [9.17, 15) is 44.4 Å². The fourth-order valence-corrected chi connectivity index (χ4v) is 7.15. The van der Waals surface area contributed by atoms with Gasteiger partial charge in [0.2, 0.25) is 12.6 Å². The van der Waals surface area contributed by atoms with Gasteiger partial charge in [-0.3, -0.25) is 24.6 Å². The number of aliphatic hydroxyl groups is 3. The van der Waals surface area contributed by atoms with Crippen molar-refractivity contribution in [3.8, 4) is 5.75 Å². The van der Waals surface area contributed by atoms with Crippen molar-refractivity contribution < 1.29 is 53.9 Å². The first kappa shape index (κ1) is 32.5. The molecule has 0 radical (unpaired) electrons. The van der Waals surface area contributed by atoms with Gasteiger partial charge in [0.15, 0.2) is 17.1 Å². The molecule has 0 aliphatic heterocycles. The molecule has 2 aromatic rings. The van der Waals surface area contributed by atoms with E-state index < -0.39 is 82.6 Å². The van der Waals surface area contributed by atoms with Crippen LogP contribution >= 0.6 is 11.3 Å². The van der Waals surface area contributed by atoms with Gasteiger partial charge >= 0.3 is 12.1 Å². The molecule has 1 aromatic carbocycles. The van der Waals surface area contributed by atoms with Crippen molar-refractivity contribution in [1.82, 2.24) is 4.90 Å². The van der Waals surface area contributed by atoms with E-state index >= 15 is 0 Å². The normalized spacial score (nSPS) is 23.8. The van der Waals surface area contributed by atoms with Gasteiger partial charge in [-0.1, -0.05) is 6.07 Å². The summed E-state index contributed by atoms with van der Waals surface area (Å²) in [4.78, 5) is 67.4. The van der Waals surface area contributed by atoms with Crippen LogP contribution in [0.25, 0.3) is 5.76 Å². The van der Waals surface area contributed by atoms with Gasteiger partial charge in [-0.2, -0.15) is 0 Å². The summed E-state index contributed by atoms with van der Waals surface area (Å²) in [5, 5.41) is 49.6. The fraction of sp³-hybridized carbons (Fsp3) is 0.367. The molecule has 0 spiro atoms. The summed E-state index contributed by atoms with van der Waals surface area (Å²) in [6.07, 6.45) is -1.13. The minimum absolute atomic E-state index is 0.0546. The van der Waals surface area contributed by atoms with E-state index in [1.165, 1.54) is 31.1 Å². The molecule has 0 unspecified atom stereocenters. The zero-order chi connectivity index (χ0) is 33.8. The summed E-state index contributed by atoms with van der Waals surface area (Å²) in [6, 6.07) is 3.40. The third-order valence-corrected chi connectivity index (χ3v) is 9.37. The summed E-state index contributed by atoms with van der Waals surface area (Å²) in [5.74, 6) is -8.59. The Morgan fingerprint density at radius 3 is 2.41 bits per heavy atom. The molecule has 1 fully saturated rings. The molecule has 4 atom stereocenters. The molecule has 0 bridgehead atoms. The largest absolute Gasteiger partial charge is 0.508 e. The average Bonchev–Trinajstić information content (AvgIpc) is 3.51. The number of esters is 1. The second kappa shape index (κ2) is 11.8. The van der Waals surface area contributed by atoms with Crippen LogP contribution < -0.4 is 16.0 Å². The van der Waals surface area contributed by atoms with E-state index in [4.69, 9.17) is 15.2 Å². The first-order valence-corrected chi connectivity index (χ1v) is 14.8. The Balaban J connectivity index is 1.53. The number of benzene rings is 1. The average molecular weight is 657 g/mol. The van der Waals surface area contributed by atoms with Crippen LogP contribution in [-0.2, 0) is 30.3 Å². The number of hydrogen-bond donors (Lipinski definition) is 6. The molecule has 1 aromatic heterocycles. The highest BCUT2D eigenvalue weighted by Crippen LogP contribution is 2.54. The van der Waals surface area contributed by atoms with Crippen molar-refractivity contribution in [3.63, 3.8) is 0 Å². The number of likely N-dealkylation sites (N-methyl/N-ethyl adjacent to an activating group) is 1. The van der Waals surface area contributed by atoms with Gasteiger partial charge in [-0.05, 0) is 55.9 Å². The minimum Gasteiger partial charge on any atom is -0.508 e. The van der Waals surface area contributed by atoms with E-state index in [0.717, 1.165) is 11.3 Å². The predicted molar refractivity (Wildman–Crippen MR) is 163 cm³/mol. The number of nitrogens with zero attached hydrogens (tertiary/aromatic N) is 2. The van der Waals surface area contributed by atoms with Crippen molar-refractivity contribution >= 4 is 58.0 Å². The lowest BCUT2D eigenvalue weighted by atomic mass is 9.57. The number of nitrogens with two attached hydrogens (primary N) is 1. The van der Waals surface area contributed by atoms with Gasteiger partial charge in [0.05, 0.1) is 17.3 Å². The number of carbonyl (C=O) groups excluding carboxylic acids is 5. The lowest BCUT2D eigenvalue weighted by Crippen LogP contribution is -2.65. The number of thiophene rings is 1. The number of fused-ring (bicyclic) bond motifs is 3. The highest BCUT2D eigenvalue weighted by Gasteiger charge is 2.64. The molecule has 3 aliphatic rings. The molecule has 3 aliphatic carbocycles. The number of phenolic OH excluding ortho intramolecular Hbond substituents is 1. The molecule has 244 valence electrons. The number of rotatable bonds is 7. The maximum absolute atomic E-state index is 14.1. The number of amides is 2. The number of Topliss-reactive ketones (excluding diaryl/α,β-unsaturated/α-hetero) is 2. The van der Waals surface area contributed by atoms with Crippen molar-refractivity contribution in [2.24, 2.45) is 17.6 Å². The third-order valence-electron chi connectivity index (χ3n) is 8.52. The minimum atomic E-state index is -2.79. The summed E-state index contributed by atoms with van der Waals surface area (Å²) in [5.41, 5.74) is 1.72. The number of nitrogens with one attached hydrogen (secondary N) is 1. The van der Waals surface area contributed by atoms with Gasteiger partial charge in [0.1, 0.15) is 22.0 Å². The zero-order valence-electron chi connectivity index (χ0n) is 25.2. The van der Waals surface area contributed by atoms with Gasteiger partial charge in [-0.25, -0.2) is 9.59 Å². The van der Waals surface area contributed by atoms with Crippen molar-refractivity contribution in [3.05, 3.63) is 56.5 Å². The summed E-state index contributed by atoms with van der Waals surface area (Å²) in [7, 11) is 6.39. The lowest BCUT2D eigenvalue weighted by Gasteiger charge is -2.50. The van der Waals surface area contributed by atoms with E-state index in [1.54, 1.807) is 30.4 Å². The van der Waals surface area contributed by atoms with Crippen LogP contribution in [0.3, 0.4) is 0 Å². The van der Waals surface area contributed by atoms with Crippen LogP contribution in [0.15, 0.2) is 40.5 Å². The molecule has 46 heavy (non-hydrogen) atoms. The highest BCUT2D eigenvalue weighted by molar-refractivity contribution is 7.11. The topological polar surface area (TPSA) is 229 Å². The number of carbonyl (C=O) groups is 5. The smallest absolute Gasteiger partial charge is 0.414 e. The number of primary amides is 1. The van der Waals surface area contributed by atoms with Crippen LogP contribution in [0.4, 0.5) is 16.2 Å². The van der Waals surface area contributed by atoms with Gasteiger partial charge < -0.3 is 40.5 Å². The Kier molecular flexibility index (Phi) is 8.31. The van der Waals surface area contributed by atoms with Crippen molar-refractivity contribution in [1.29, 1.82) is 0 Å². The maximum atomic E-state index is 14.1. The Labute approximate surface area is 266 Å². The van der Waals surface area contributed by atoms with Crippen LogP contribution in [0.2, 0.25) is 0 Å². The lowest BCUT2D eigenvalue weighted by molar-refractivity contribution is -0.153. The Morgan fingerprint density at radius 1 is 1.13 bits per heavy atom. The SMILES string of the molecule is CN(C)c1cc(NC(=O)OCOC(=O)c2cccs2)c(O)c2c1C[C@H]1C[C@H]3[C@H](N(C)C)C(=O)C(C(N)=O)=C(O)[C@@]3(O)C(=O)C1=C2O.